The summed E-state index contributed by atoms with van der Waals surface area (Å²) in [6.07, 6.45) is 1.76. The van der Waals surface area contributed by atoms with Crippen molar-refractivity contribution in [2.45, 2.75) is 26.1 Å². The van der Waals surface area contributed by atoms with E-state index in [9.17, 15) is 4.79 Å². The second-order valence-electron chi connectivity index (χ2n) is 7.80. The van der Waals surface area contributed by atoms with Crippen molar-refractivity contribution in [2.75, 3.05) is 31.5 Å². The van der Waals surface area contributed by atoms with E-state index in [1.165, 1.54) is 15.6 Å². The number of urea groups is 1. The first-order valence-corrected chi connectivity index (χ1v) is 11.1. The Labute approximate surface area is 179 Å². The van der Waals surface area contributed by atoms with Crippen LogP contribution in [-0.2, 0) is 0 Å². The Morgan fingerprint density at radius 3 is 2.97 bits per heavy atom. The molecule has 1 saturated heterocycles. The highest BCUT2D eigenvalue weighted by Crippen LogP contribution is 2.34. The fourth-order valence-corrected chi connectivity index (χ4v) is 4.94. The Kier molecular flexibility index (Phi) is 4.82. The lowest BCUT2D eigenvalue weighted by Gasteiger charge is -2.29. The van der Waals surface area contributed by atoms with Gasteiger partial charge in [0.1, 0.15) is 17.7 Å². The molecule has 1 atom stereocenters. The minimum absolute atomic E-state index is 0.0131. The fourth-order valence-electron chi connectivity index (χ4n) is 3.95. The van der Waals surface area contributed by atoms with Crippen molar-refractivity contribution in [1.82, 2.24) is 25.1 Å². The SMILES string of the molecule is CC(C)n1cnc2c1NC(c1csc3ccccc13)NC2=NCCN1CCNC1=O. The number of anilines is 1. The quantitative estimate of drug-likeness (QED) is 0.588. The standard InChI is InChI=1S/C21H25N7OS/c1-13(2)28-12-24-17-19(22-7-9-27-10-8-23-21(27)29)25-18(26-20(17)28)15-11-30-16-6-4-3-5-14(15)16/h3-6,11-13,18,26H,7-10H2,1-2H3,(H,22,25)(H,23,29). The van der Waals surface area contributed by atoms with Crippen molar-refractivity contribution >= 4 is 39.1 Å². The zero-order valence-electron chi connectivity index (χ0n) is 17.1. The number of carbonyl (C=O) groups excluding carboxylic acids is 1. The minimum Gasteiger partial charge on any atom is -0.346 e. The molecule has 1 aromatic carbocycles. The van der Waals surface area contributed by atoms with Crippen molar-refractivity contribution in [1.29, 1.82) is 0 Å². The van der Waals surface area contributed by atoms with Gasteiger partial charge in [-0.25, -0.2) is 9.78 Å². The molecular formula is C21H25N7OS. The number of amides is 2. The monoisotopic (exact) mass is 423 g/mol. The van der Waals surface area contributed by atoms with E-state index in [2.05, 4.69) is 69.0 Å². The summed E-state index contributed by atoms with van der Waals surface area (Å²) in [6, 6.07) is 8.70. The molecule has 5 rings (SSSR count). The predicted octanol–water partition coefficient (Wildman–Crippen LogP) is 3.16. The number of fused-ring (bicyclic) bond motifs is 2. The van der Waals surface area contributed by atoms with E-state index in [0.29, 0.717) is 19.6 Å². The van der Waals surface area contributed by atoms with Crippen LogP contribution in [0.25, 0.3) is 10.1 Å². The van der Waals surface area contributed by atoms with Gasteiger partial charge in [0.05, 0.1) is 12.9 Å². The number of aliphatic imine (C=N–C) groups is 1. The summed E-state index contributed by atoms with van der Waals surface area (Å²) in [4.78, 5) is 23.0. The van der Waals surface area contributed by atoms with Gasteiger partial charge < -0.3 is 25.4 Å². The molecule has 1 fully saturated rings. The number of nitrogens with one attached hydrogen (secondary N) is 3. The number of imidazole rings is 1. The highest BCUT2D eigenvalue weighted by molar-refractivity contribution is 7.17. The van der Waals surface area contributed by atoms with Gasteiger partial charge in [-0.3, -0.25) is 4.99 Å². The number of nitrogens with zero attached hydrogens (tertiary/aromatic N) is 4. The van der Waals surface area contributed by atoms with Gasteiger partial charge in [-0.05, 0) is 30.7 Å². The lowest BCUT2D eigenvalue weighted by Crippen LogP contribution is -2.40. The van der Waals surface area contributed by atoms with Gasteiger partial charge in [0.15, 0.2) is 5.84 Å². The Bertz CT molecular complexity index is 1120. The molecule has 0 aliphatic carbocycles. The maximum Gasteiger partial charge on any atom is 0.317 e. The lowest BCUT2D eigenvalue weighted by molar-refractivity contribution is 0.218. The second kappa shape index (κ2) is 7.64. The number of thiophene rings is 1. The van der Waals surface area contributed by atoms with E-state index in [-0.39, 0.29) is 18.2 Å². The average molecular weight is 424 g/mol. The minimum atomic E-state index is -0.100. The molecule has 2 aromatic heterocycles. The highest BCUT2D eigenvalue weighted by atomic mass is 32.1. The molecule has 3 N–H and O–H groups in total. The maximum atomic E-state index is 11.8. The smallest absolute Gasteiger partial charge is 0.317 e. The van der Waals surface area contributed by atoms with E-state index < -0.39 is 0 Å². The fraction of sp³-hybridized carbons (Fsp3) is 0.381. The number of hydrogen-bond acceptors (Lipinski definition) is 5. The molecule has 3 aromatic rings. The zero-order chi connectivity index (χ0) is 20.7. The van der Waals surface area contributed by atoms with Gasteiger partial charge in [-0.1, -0.05) is 18.2 Å². The van der Waals surface area contributed by atoms with E-state index >= 15 is 0 Å². The van der Waals surface area contributed by atoms with E-state index in [1.54, 1.807) is 16.2 Å². The Hall–Kier alpha value is -3.07. The first-order chi connectivity index (χ1) is 14.6. The molecule has 0 spiro atoms. The Morgan fingerprint density at radius 2 is 2.17 bits per heavy atom. The summed E-state index contributed by atoms with van der Waals surface area (Å²) in [5.74, 6) is 1.74. The molecular weight excluding hydrogens is 398 g/mol. The van der Waals surface area contributed by atoms with E-state index in [4.69, 9.17) is 4.99 Å². The van der Waals surface area contributed by atoms with Crippen LogP contribution >= 0.6 is 11.3 Å². The molecule has 8 nitrogen and oxygen atoms in total. The van der Waals surface area contributed by atoms with Crippen molar-refractivity contribution in [3.63, 3.8) is 0 Å². The molecule has 0 radical (unpaired) electrons. The third-order valence-corrected chi connectivity index (χ3v) is 6.53. The maximum absolute atomic E-state index is 11.8. The van der Waals surface area contributed by atoms with Gasteiger partial charge in [-0.2, -0.15) is 0 Å². The number of amidine groups is 1. The molecule has 30 heavy (non-hydrogen) atoms. The van der Waals surface area contributed by atoms with Crippen molar-refractivity contribution in [3.05, 3.63) is 47.2 Å². The van der Waals surface area contributed by atoms with Crippen LogP contribution in [0.15, 0.2) is 41.0 Å². The molecule has 4 heterocycles. The topological polar surface area (TPSA) is 86.6 Å². The number of carbonyl (C=O) groups is 1. The number of benzene rings is 1. The van der Waals surface area contributed by atoms with Crippen LogP contribution in [0.1, 0.15) is 37.3 Å². The molecule has 9 heteroatoms. The summed E-state index contributed by atoms with van der Waals surface area (Å²) in [7, 11) is 0. The molecule has 156 valence electrons. The Morgan fingerprint density at radius 1 is 1.30 bits per heavy atom. The Balaban J connectivity index is 1.47. The predicted molar refractivity (Wildman–Crippen MR) is 120 cm³/mol. The van der Waals surface area contributed by atoms with Crippen LogP contribution < -0.4 is 16.0 Å². The lowest BCUT2D eigenvalue weighted by atomic mass is 10.1. The molecule has 0 bridgehead atoms. The number of aromatic nitrogens is 2. The van der Waals surface area contributed by atoms with Crippen LogP contribution in [0.2, 0.25) is 0 Å². The largest absolute Gasteiger partial charge is 0.346 e. The third kappa shape index (κ3) is 3.28. The zero-order valence-corrected chi connectivity index (χ0v) is 17.9. The van der Waals surface area contributed by atoms with Crippen LogP contribution in [0.5, 0.6) is 0 Å². The van der Waals surface area contributed by atoms with Gasteiger partial charge in [0.2, 0.25) is 0 Å². The molecule has 2 aliphatic rings. The van der Waals surface area contributed by atoms with Crippen LogP contribution in [-0.4, -0.2) is 52.5 Å². The van der Waals surface area contributed by atoms with E-state index in [1.807, 2.05) is 6.33 Å². The van der Waals surface area contributed by atoms with E-state index in [0.717, 1.165) is 23.9 Å². The first-order valence-electron chi connectivity index (χ1n) is 10.3. The summed E-state index contributed by atoms with van der Waals surface area (Å²) < 4.78 is 3.40. The van der Waals surface area contributed by atoms with Gasteiger partial charge in [0.25, 0.3) is 0 Å². The van der Waals surface area contributed by atoms with Crippen LogP contribution in [0.4, 0.5) is 10.6 Å². The molecule has 0 saturated carbocycles. The molecule has 2 aliphatic heterocycles. The average Bonchev–Trinajstić information content (AvgIpc) is 3.46. The summed E-state index contributed by atoms with van der Waals surface area (Å²) in [5.41, 5.74) is 2.02. The first kappa shape index (κ1) is 18.9. The van der Waals surface area contributed by atoms with Crippen molar-refractivity contribution in [3.8, 4) is 0 Å². The van der Waals surface area contributed by atoms with Gasteiger partial charge in [0, 0.05) is 35.9 Å². The van der Waals surface area contributed by atoms with Gasteiger partial charge >= 0.3 is 6.03 Å². The number of rotatable bonds is 5. The van der Waals surface area contributed by atoms with Crippen LogP contribution in [0.3, 0.4) is 0 Å². The normalized spacial score (nSPS) is 19.8. The molecule has 2 amide bonds. The second-order valence-corrected chi connectivity index (χ2v) is 8.71. The summed E-state index contributed by atoms with van der Waals surface area (Å²) in [6.45, 7) is 6.84. The molecule has 1 unspecified atom stereocenters. The third-order valence-electron chi connectivity index (χ3n) is 5.54. The van der Waals surface area contributed by atoms with Crippen molar-refractivity contribution in [2.24, 2.45) is 4.99 Å². The summed E-state index contributed by atoms with van der Waals surface area (Å²) >= 11 is 1.74. The van der Waals surface area contributed by atoms with Crippen molar-refractivity contribution < 1.29 is 4.79 Å². The van der Waals surface area contributed by atoms with Crippen LogP contribution in [0, 0.1) is 0 Å². The highest BCUT2D eigenvalue weighted by Gasteiger charge is 2.29. The summed E-state index contributed by atoms with van der Waals surface area (Å²) in [5, 5.41) is 13.4. The van der Waals surface area contributed by atoms with Gasteiger partial charge in [-0.15, -0.1) is 11.3 Å². The number of hydrogen-bond donors (Lipinski definition) is 3.